The molecule has 0 bridgehead atoms. The van der Waals surface area contributed by atoms with Crippen LogP contribution in [0.5, 0.6) is 0 Å². The second-order valence-electron chi connectivity index (χ2n) is 5.35. The van der Waals surface area contributed by atoms with Gasteiger partial charge in [-0.3, -0.25) is 0 Å². The number of ether oxygens (including phenoxy) is 1. The van der Waals surface area contributed by atoms with Crippen LogP contribution in [0.3, 0.4) is 0 Å². The van der Waals surface area contributed by atoms with Gasteiger partial charge in [0, 0.05) is 3.57 Å². The molecule has 1 aromatic rings. The van der Waals surface area contributed by atoms with E-state index < -0.39 is 6.11 Å². The van der Waals surface area contributed by atoms with Crippen molar-refractivity contribution in [2.24, 2.45) is 0 Å². The van der Waals surface area contributed by atoms with Crippen LogP contribution < -0.4 is 0 Å². The molecular formula is C17H25F2IO. The summed E-state index contributed by atoms with van der Waals surface area (Å²) in [5, 5.41) is 0. The largest absolute Gasteiger partial charge is 0.383 e. The summed E-state index contributed by atoms with van der Waals surface area (Å²) in [6.45, 7) is 2.32. The Hall–Kier alpha value is -0.230. The molecule has 4 heteroatoms. The molecule has 0 aromatic heterocycles. The number of halogens is 3. The van der Waals surface area contributed by atoms with E-state index in [1.165, 1.54) is 44.2 Å². The average molecular weight is 410 g/mol. The van der Waals surface area contributed by atoms with Crippen molar-refractivity contribution in [3.8, 4) is 0 Å². The third-order valence-corrected chi connectivity index (χ3v) is 4.18. The Kier molecular flexibility index (Phi) is 9.40. The van der Waals surface area contributed by atoms with Crippen molar-refractivity contribution in [3.63, 3.8) is 0 Å². The monoisotopic (exact) mass is 410 g/mol. The van der Waals surface area contributed by atoms with Gasteiger partial charge in [-0.25, -0.2) is 0 Å². The molecule has 120 valence electrons. The van der Waals surface area contributed by atoms with Crippen LogP contribution in [0.2, 0.25) is 0 Å². The Bertz CT molecular complexity index is 379. The predicted octanol–water partition coefficient (Wildman–Crippen LogP) is 6.50. The summed E-state index contributed by atoms with van der Waals surface area (Å²) in [5.74, 6) is 0. The second-order valence-corrected chi connectivity index (χ2v) is 6.59. The number of hydrogen-bond acceptors (Lipinski definition) is 1. The quantitative estimate of drug-likeness (QED) is 0.299. The molecule has 0 aliphatic carbocycles. The minimum absolute atomic E-state index is 0.0671. The number of hydrogen-bond donors (Lipinski definition) is 0. The predicted molar refractivity (Wildman–Crippen MR) is 91.6 cm³/mol. The van der Waals surface area contributed by atoms with Gasteiger partial charge in [0.05, 0.1) is 12.2 Å². The molecule has 0 radical (unpaired) electrons. The topological polar surface area (TPSA) is 9.23 Å². The van der Waals surface area contributed by atoms with Crippen molar-refractivity contribution in [2.45, 2.75) is 64.4 Å². The molecule has 1 aromatic carbocycles. The van der Waals surface area contributed by atoms with Crippen LogP contribution in [0.1, 0.15) is 63.9 Å². The van der Waals surface area contributed by atoms with Gasteiger partial charge < -0.3 is 4.74 Å². The molecule has 0 aliphatic heterocycles. The van der Waals surface area contributed by atoms with E-state index >= 15 is 0 Å². The summed E-state index contributed by atoms with van der Waals surface area (Å²) >= 11 is 2.09. The maximum atomic E-state index is 13.8. The van der Waals surface area contributed by atoms with Gasteiger partial charge in [0.2, 0.25) is 0 Å². The molecule has 0 N–H and O–H groups in total. The Balaban J connectivity index is 2.12. The SMILES string of the molecule is CCCCCCCCCCOC(F)(F)c1ccc(I)cc1. The molecule has 0 fully saturated rings. The van der Waals surface area contributed by atoms with Crippen LogP contribution in [-0.2, 0) is 10.8 Å². The van der Waals surface area contributed by atoms with E-state index in [9.17, 15) is 8.78 Å². The standard InChI is InChI=1S/C17H25F2IO/c1-2-3-4-5-6-7-8-9-14-21-17(18,19)15-10-12-16(20)13-11-15/h10-13H,2-9,14H2,1H3. The van der Waals surface area contributed by atoms with Gasteiger partial charge in [0.15, 0.2) is 0 Å². The first-order chi connectivity index (χ1) is 10.1. The van der Waals surface area contributed by atoms with Crippen molar-refractivity contribution >= 4 is 22.6 Å². The molecule has 0 atom stereocenters. The minimum Gasteiger partial charge on any atom is -0.317 e. The first-order valence-electron chi connectivity index (χ1n) is 7.84. The van der Waals surface area contributed by atoms with E-state index in [-0.39, 0.29) is 12.2 Å². The Labute approximate surface area is 140 Å². The third-order valence-electron chi connectivity index (χ3n) is 3.46. The molecule has 0 saturated heterocycles. The van der Waals surface area contributed by atoms with Crippen molar-refractivity contribution in [1.82, 2.24) is 0 Å². The van der Waals surface area contributed by atoms with Gasteiger partial charge in [-0.15, -0.1) is 0 Å². The number of benzene rings is 1. The number of unbranched alkanes of at least 4 members (excludes halogenated alkanes) is 7. The van der Waals surface area contributed by atoms with Crippen LogP contribution >= 0.6 is 22.6 Å². The van der Waals surface area contributed by atoms with E-state index in [2.05, 4.69) is 29.5 Å². The van der Waals surface area contributed by atoms with Gasteiger partial charge in [0.1, 0.15) is 0 Å². The lowest BCUT2D eigenvalue weighted by Gasteiger charge is -2.17. The summed E-state index contributed by atoms with van der Waals surface area (Å²) < 4.78 is 33.3. The molecule has 0 unspecified atom stereocenters. The Morgan fingerprint density at radius 1 is 0.905 bits per heavy atom. The van der Waals surface area contributed by atoms with E-state index in [1.54, 1.807) is 12.1 Å². The molecule has 0 spiro atoms. The highest BCUT2D eigenvalue weighted by Crippen LogP contribution is 2.30. The molecule has 0 amide bonds. The van der Waals surface area contributed by atoms with E-state index in [1.807, 2.05) is 0 Å². The molecule has 1 nitrogen and oxygen atoms in total. The Morgan fingerprint density at radius 2 is 1.43 bits per heavy atom. The van der Waals surface area contributed by atoms with Gasteiger partial charge in [-0.1, -0.05) is 51.9 Å². The lowest BCUT2D eigenvalue weighted by atomic mass is 10.1. The maximum absolute atomic E-state index is 13.8. The lowest BCUT2D eigenvalue weighted by molar-refractivity contribution is -0.249. The highest BCUT2D eigenvalue weighted by Gasteiger charge is 2.32. The summed E-state index contributed by atoms with van der Waals surface area (Å²) in [6, 6.07) is 6.19. The van der Waals surface area contributed by atoms with Crippen molar-refractivity contribution in [3.05, 3.63) is 33.4 Å². The first kappa shape index (κ1) is 18.8. The third kappa shape index (κ3) is 8.10. The fourth-order valence-corrected chi connectivity index (χ4v) is 2.52. The fraction of sp³-hybridized carbons (Fsp3) is 0.647. The van der Waals surface area contributed by atoms with Crippen molar-refractivity contribution in [1.29, 1.82) is 0 Å². The fourth-order valence-electron chi connectivity index (χ4n) is 2.16. The molecule has 1 rings (SSSR count). The van der Waals surface area contributed by atoms with Gasteiger partial charge >= 0.3 is 6.11 Å². The van der Waals surface area contributed by atoms with E-state index in [4.69, 9.17) is 4.74 Å². The molecule has 0 heterocycles. The lowest BCUT2D eigenvalue weighted by Crippen LogP contribution is -2.18. The summed E-state index contributed by atoms with van der Waals surface area (Å²) in [7, 11) is 0. The van der Waals surface area contributed by atoms with Crippen molar-refractivity contribution in [2.75, 3.05) is 6.61 Å². The van der Waals surface area contributed by atoms with Crippen LogP contribution in [-0.4, -0.2) is 6.61 Å². The van der Waals surface area contributed by atoms with Crippen LogP contribution in [0.4, 0.5) is 8.78 Å². The smallest absolute Gasteiger partial charge is 0.317 e. The normalized spacial score (nSPS) is 11.8. The highest BCUT2D eigenvalue weighted by molar-refractivity contribution is 14.1. The molecular weight excluding hydrogens is 385 g/mol. The zero-order valence-corrected chi connectivity index (χ0v) is 14.9. The second kappa shape index (κ2) is 10.5. The van der Waals surface area contributed by atoms with Gasteiger partial charge in [0.25, 0.3) is 0 Å². The molecule has 0 saturated carbocycles. The first-order valence-corrected chi connectivity index (χ1v) is 8.92. The zero-order chi connectivity index (χ0) is 15.6. The Morgan fingerprint density at radius 3 is 2.00 bits per heavy atom. The van der Waals surface area contributed by atoms with E-state index in [0.29, 0.717) is 6.42 Å². The number of rotatable bonds is 11. The zero-order valence-electron chi connectivity index (χ0n) is 12.7. The average Bonchev–Trinajstić information content (AvgIpc) is 2.46. The summed E-state index contributed by atoms with van der Waals surface area (Å²) in [6.07, 6.45) is 5.90. The molecule has 0 aliphatic rings. The van der Waals surface area contributed by atoms with Crippen LogP contribution in [0.25, 0.3) is 0 Å². The van der Waals surface area contributed by atoms with Gasteiger partial charge in [-0.05, 0) is 53.3 Å². The highest BCUT2D eigenvalue weighted by atomic mass is 127. The van der Waals surface area contributed by atoms with Gasteiger partial charge in [-0.2, -0.15) is 8.78 Å². The van der Waals surface area contributed by atoms with Crippen LogP contribution in [0.15, 0.2) is 24.3 Å². The molecule has 21 heavy (non-hydrogen) atoms. The van der Waals surface area contributed by atoms with Crippen LogP contribution in [0, 0.1) is 3.57 Å². The van der Waals surface area contributed by atoms with E-state index in [0.717, 1.165) is 16.4 Å². The minimum atomic E-state index is -3.18. The summed E-state index contributed by atoms with van der Waals surface area (Å²) in [5.41, 5.74) is -0.0671. The number of alkyl halides is 2. The van der Waals surface area contributed by atoms with Crippen molar-refractivity contribution < 1.29 is 13.5 Å². The summed E-state index contributed by atoms with van der Waals surface area (Å²) in [4.78, 5) is 0. The maximum Gasteiger partial charge on any atom is 0.383 e.